The first-order chi connectivity index (χ1) is 9.95. The van der Waals surface area contributed by atoms with E-state index in [0.717, 1.165) is 26.1 Å². The Morgan fingerprint density at radius 1 is 1.43 bits per heavy atom. The summed E-state index contributed by atoms with van der Waals surface area (Å²) in [5.41, 5.74) is 0.388. The minimum atomic E-state index is -0.187. The first-order valence-electron chi connectivity index (χ1n) is 7.15. The van der Waals surface area contributed by atoms with Gasteiger partial charge in [0.1, 0.15) is 10.8 Å². The lowest BCUT2D eigenvalue weighted by atomic mass is 10.2. The van der Waals surface area contributed by atoms with Crippen LogP contribution < -0.4 is 5.32 Å². The van der Waals surface area contributed by atoms with Crippen LogP contribution in [-0.4, -0.2) is 54.2 Å². The Morgan fingerprint density at radius 3 is 2.67 bits per heavy atom. The highest BCUT2D eigenvalue weighted by Crippen LogP contribution is 2.21. The average Bonchev–Trinajstić information content (AvgIpc) is 2.73. The number of ether oxygens (including phenoxy) is 1. The number of nitrogens with one attached hydrogen (secondary N) is 2. The summed E-state index contributed by atoms with van der Waals surface area (Å²) >= 11 is 11.6. The largest absolute Gasteiger partial charge is 0.373 e. The number of aromatic amines is 1. The van der Waals surface area contributed by atoms with Gasteiger partial charge >= 0.3 is 0 Å². The second kappa shape index (κ2) is 7.49. The maximum atomic E-state index is 11.9. The maximum Gasteiger partial charge on any atom is 0.267 e. The van der Waals surface area contributed by atoms with Crippen LogP contribution in [0.3, 0.4) is 0 Å². The molecule has 2 N–H and O–H groups in total. The molecular formula is C14H21Cl2N3O2. The van der Waals surface area contributed by atoms with Crippen LogP contribution in [0, 0.1) is 0 Å². The van der Waals surface area contributed by atoms with Gasteiger partial charge in [0.2, 0.25) is 0 Å². The third-order valence-corrected chi connectivity index (χ3v) is 4.09. The SMILES string of the molecule is CC1CN(CCCNC(=O)c2cc(Cl)c(Cl)[nH]2)CC(C)O1. The average molecular weight is 334 g/mol. The maximum absolute atomic E-state index is 11.9. The van der Waals surface area contributed by atoms with Crippen LogP contribution in [0.15, 0.2) is 6.07 Å². The molecule has 1 aliphatic rings. The second-order valence-corrected chi connectivity index (χ2v) is 6.26. The predicted molar refractivity (Wildman–Crippen MR) is 84.2 cm³/mol. The molecule has 1 aromatic heterocycles. The second-order valence-electron chi connectivity index (χ2n) is 5.47. The van der Waals surface area contributed by atoms with Gasteiger partial charge in [-0.1, -0.05) is 23.2 Å². The monoisotopic (exact) mass is 333 g/mol. The van der Waals surface area contributed by atoms with E-state index in [1.54, 1.807) is 0 Å². The van der Waals surface area contributed by atoms with Crippen molar-refractivity contribution >= 4 is 29.1 Å². The molecule has 0 spiro atoms. The molecule has 1 amide bonds. The van der Waals surface area contributed by atoms with Crippen LogP contribution >= 0.6 is 23.2 Å². The van der Waals surface area contributed by atoms with E-state index >= 15 is 0 Å². The number of hydrogen-bond acceptors (Lipinski definition) is 3. The summed E-state index contributed by atoms with van der Waals surface area (Å²) in [6.45, 7) is 7.63. The number of carbonyl (C=O) groups excluding carboxylic acids is 1. The van der Waals surface area contributed by atoms with Gasteiger partial charge in [0.25, 0.3) is 5.91 Å². The summed E-state index contributed by atoms with van der Waals surface area (Å²) in [5.74, 6) is -0.187. The number of rotatable bonds is 5. The number of aromatic nitrogens is 1. The normalized spacial score (nSPS) is 23.2. The first-order valence-corrected chi connectivity index (χ1v) is 7.91. The molecule has 1 saturated heterocycles. The molecule has 0 aromatic carbocycles. The van der Waals surface area contributed by atoms with Crippen molar-refractivity contribution in [3.8, 4) is 0 Å². The lowest BCUT2D eigenvalue weighted by Crippen LogP contribution is -2.46. The fourth-order valence-corrected chi connectivity index (χ4v) is 2.91. The summed E-state index contributed by atoms with van der Waals surface area (Å²) < 4.78 is 5.69. The molecule has 0 radical (unpaired) electrons. The molecule has 21 heavy (non-hydrogen) atoms. The van der Waals surface area contributed by atoms with Crippen LogP contribution in [0.25, 0.3) is 0 Å². The number of amides is 1. The Morgan fingerprint density at radius 2 is 2.10 bits per heavy atom. The van der Waals surface area contributed by atoms with Crippen molar-refractivity contribution in [2.24, 2.45) is 0 Å². The molecule has 1 aromatic rings. The Hall–Kier alpha value is -0.750. The van der Waals surface area contributed by atoms with Crippen molar-refractivity contribution in [3.05, 3.63) is 21.9 Å². The smallest absolute Gasteiger partial charge is 0.267 e. The first kappa shape index (κ1) is 16.6. The molecule has 0 saturated carbocycles. The van der Waals surface area contributed by atoms with Gasteiger partial charge in [-0.3, -0.25) is 9.69 Å². The number of H-pyrrole nitrogens is 1. The summed E-state index contributed by atoms with van der Waals surface area (Å²) in [5, 5.41) is 3.51. The third kappa shape index (κ3) is 4.88. The van der Waals surface area contributed by atoms with Crippen molar-refractivity contribution in [2.75, 3.05) is 26.2 Å². The van der Waals surface area contributed by atoms with Gasteiger partial charge in [-0.2, -0.15) is 0 Å². The molecule has 0 aliphatic carbocycles. The number of hydrogen-bond donors (Lipinski definition) is 2. The third-order valence-electron chi connectivity index (χ3n) is 3.40. The summed E-state index contributed by atoms with van der Waals surface area (Å²) in [7, 11) is 0. The zero-order chi connectivity index (χ0) is 15.4. The fourth-order valence-electron chi connectivity index (χ4n) is 2.59. The molecule has 1 aliphatic heterocycles. The van der Waals surface area contributed by atoms with Gasteiger partial charge < -0.3 is 15.0 Å². The Labute approximate surface area is 134 Å². The molecule has 118 valence electrons. The lowest BCUT2D eigenvalue weighted by molar-refractivity contribution is -0.0679. The summed E-state index contributed by atoms with van der Waals surface area (Å²) in [6.07, 6.45) is 1.44. The molecule has 0 bridgehead atoms. The van der Waals surface area contributed by atoms with Gasteiger partial charge in [-0.05, 0) is 26.3 Å². The lowest BCUT2D eigenvalue weighted by Gasteiger charge is -2.35. The van der Waals surface area contributed by atoms with Gasteiger partial charge in [0.05, 0.1) is 17.2 Å². The van der Waals surface area contributed by atoms with E-state index in [2.05, 4.69) is 29.0 Å². The molecule has 2 unspecified atom stereocenters. The zero-order valence-electron chi connectivity index (χ0n) is 12.3. The Kier molecular flexibility index (Phi) is 5.93. The number of nitrogens with zero attached hydrogens (tertiary/aromatic N) is 1. The van der Waals surface area contributed by atoms with Crippen molar-refractivity contribution in [2.45, 2.75) is 32.5 Å². The molecule has 1 fully saturated rings. The van der Waals surface area contributed by atoms with Crippen LogP contribution in [0.4, 0.5) is 0 Å². The standard InChI is InChI=1S/C14H21Cl2N3O2/c1-9-7-19(8-10(2)21-9)5-3-4-17-14(20)12-6-11(15)13(16)18-12/h6,9-10,18H,3-5,7-8H2,1-2H3,(H,17,20). The van der Waals surface area contributed by atoms with E-state index < -0.39 is 0 Å². The van der Waals surface area contributed by atoms with E-state index in [-0.39, 0.29) is 23.3 Å². The Bertz CT molecular complexity index is 463. The van der Waals surface area contributed by atoms with Gasteiger partial charge in [-0.25, -0.2) is 0 Å². The predicted octanol–water partition coefficient (Wildman–Crippen LogP) is 2.55. The van der Waals surface area contributed by atoms with Gasteiger partial charge in [0.15, 0.2) is 0 Å². The summed E-state index contributed by atoms with van der Waals surface area (Å²) in [4.78, 5) is 17.0. The highest BCUT2D eigenvalue weighted by atomic mass is 35.5. The quantitative estimate of drug-likeness (QED) is 0.814. The van der Waals surface area contributed by atoms with Crippen molar-refractivity contribution in [1.29, 1.82) is 0 Å². The topological polar surface area (TPSA) is 57.4 Å². The Balaban J connectivity index is 1.68. The molecule has 5 nitrogen and oxygen atoms in total. The number of morpholine rings is 1. The molecular weight excluding hydrogens is 313 g/mol. The van der Waals surface area contributed by atoms with Crippen LogP contribution in [0.5, 0.6) is 0 Å². The van der Waals surface area contributed by atoms with Crippen molar-refractivity contribution in [3.63, 3.8) is 0 Å². The highest BCUT2D eigenvalue weighted by molar-refractivity contribution is 6.41. The fraction of sp³-hybridized carbons (Fsp3) is 0.643. The molecule has 2 rings (SSSR count). The molecule has 2 atom stereocenters. The van der Waals surface area contributed by atoms with E-state index in [1.165, 1.54) is 6.07 Å². The molecule has 7 heteroatoms. The van der Waals surface area contributed by atoms with Crippen LogP contribution in [0.2, 0.25) is 10.2 Å². The zero-order valence-corrected chi connectivity index (χ0v) is 13.8. The van der Waals surface area contributed by atoms with Crippen molar-refractivity contribution in [1.82, 2.24) is 15.2 Å². The summed E-state index contributed by atoms with van der Waals surface area (Å²) in [6, 6.07) is 1.53. The van der Waals surface area contributed by atoms with Crippen LogP contribution in [0.1, 0.15) is 30.8 Å². The minimum absolute atomic E-state index is 0.187. The van der Waals surface area contributed by atoms with Crippen LogP contribution in [-0.2, 0) is 4.74 Å². The number of carbonyl (C=O) groups is 1. The molecule has 2 heterocycles. The van der Waals surface area contributed by atoms with Crippen molar-refractivity contribution < 1.29 is 9.53 Å². The van der Waals surface area contributed by atoms with E-state index in [1.807, 2.05) is 0 Å². The van der Waals surface area contributed by atoms with Gasteiger partial charge in [-0.15, -0.1) is 0 Å². The van der Waals surface area contributed by atoms with E-state index in [9.17, 15) is 4.79 Å². The van der Waals surface area contributed by atoms with Gasteiger partial charge in [0, 0.05) is 26.2 Å². The minimum Gasteiger partial charge on any atom is -0.373 e. The van der Waals surface area contributed by atoms with E-state index in [4.69, 9.17) is 27.9 Å². The van der Waals surface area contributed by atoms with E-state index in [0.29, 0.717) is 17.3 Å². The number of halogens is 2. The highest BCUT2D eigenvalue weighted by Gasteiger charge is 2.21.